The SMILES string of the molecule is CC(c1ccccc1)n1c(SCc2ccc(C(N)=O)cc2)nc2ccc(Br)cc2c1=O. The van der Waals surface area contributed by atoms with Gasteiger partial charge >= 0.3 is 0 Å². The smallest absolute Gasteiger partial charge is 0.262 e. The number of fused-ring (bicyclic) bond motifs is 1. The van der Waals surface area contributed by atoms with Crippen molar-refractivity contribution in [2.24, 2.45) is 5.73 Å². The van der Waals surface area contributed by atoms with Crippen molar-refractivity contribution in [3.8, 4) is 0 Å². The molecule has 0 saturated heterocycles. The standard InChI is InChI=1S/C24H20BrN3O2S/c1-15(17-5-3-2-4-6-17)28-23(30)20-13-19(25)11-12-21(20)27-24(28)31-14-16-7-9-18(10-8-16)22(26)29/h2-13,15H,14H2,1H3,(H2,26,29). The molecule has 7 heteroatoms. The number of amides is 1. The first-order valence-electron chi connectivity index (χ1n) is 9.72. The molecule has 31 heavy (non-hydrogen) atoms. The number of thioether (sulfide) groups is 1. The number of nitrogens with two attached hydrogens (primary N) is 1. The molecule has 0 bridgehead atoms. The second-order valence-electron chi connectivity index (χ2n) is 7.17. The Morgan fingerprint density at radius 1 is 1.10 bits per heavy atom. The van der Waals surface area contributed by atoms with Gasteiger partial charge in [-0.25, -0.2) is 4.98 Å². The Kier molecular flexibility index (Phi) is 6.25. The average Bonchev–Trinajstić information content (AvgIpc) is 2.78. The van der Waals surface area contributed by atoms with Crippen molar-refractivity contribution < 1.29 is 4.79 Å². The first-order chi connectivity index (χ1) is 14.9. The van der Waals surface area contributed by atoms with Gasteiger partial charge in [-0.15, -0.1) is 0 Å². The Morgan fingerprint density at radius 2 is 1.81 bits per heavy atom. The molecule has 4 aromatic rings. The van der Waals surface area contributed by atoms with Crippen LogP contribution in [0.4, 0.5) is 0 Å². The van der Waals surface area contributed by atoms with Crippen LogP contribution in [-0.2, 0) is 5.75 Å². The van der Waals surface area contributed by atoms with E-state index in [-0.39, 0.29) is 11.6 Å². The van der Waals surface area contributed by atoms with Gasteiger partial charge < -0.3 is 5.73 Å². The zero-order valence-corrected chi connectivity index (χ0v) is 19.2. The van der Waals surface area contributed by atoms with E-state index < -0.39 is 5.91 Å². The number of carbonyl (C=O) groups excluding carboxylic acids is 1. The van der Waals surface area contributed by atoms with Crippen LogP contribution >= 0.6 is 27.7 Å². The van der Waals surface area contributed by atoms with Crippen molar-refractivity contribution in [2.45, 2.75) is 23.9 Å². The number of carbonyl (C=O) groups is 1. The molecule has 1 atom stereocenters. The van der Waals surface area contributed by atoms with Crippen LogP contribution in [0.25, 0.3) is 10.9 Å². The molecule has 3 aromatic carbocycles. The van der Waals surface area contributed by atoms with E-state index >= 15 is 0 Å². The highest BCUT2D eigenvalue weighted by molar-refractivity contribution is 9.10. The molecule has 156 valence electrons. The van der Waals surface area contributed by atoms with Crippen LogP contribution in [0.2, 0.25) is 0 Å². The number of benzene rings is 3. The molecule has 1 unspecified atom stereocenters. The van der Waals surface area contributed by atoms with Crippen molar-refractivity contribution in [1.82, 2.24) is 9.55 Å². The summed E-state index contributed by atoms with van der Waals surface area (Å²) in [5.74, 6) is 0.154. The first kappa shape index (κ1) is 21.3. The summed E-state index contributed by atoms with van der Waals surface area (Å²) in [5.41, 5.74) is 8.43. The van der Waals surface area contributed by atoms with E-state index in [4.69, 9.17) is 10.7 Å². The molecule has 1 aromatic heterocycles. The summed E-state index contributed by atoms with van der Waals surface area (Å²) in [6, 6.07) is 22.5. The lowest BCUT2D eigenvalue weighted by Crippen LogP contribution is -2.27. The molecule has 1 amide bonds. The predicted octanol–water partition coefficient (Wildman–Crippen LogP) is 5.16. The lowest BCUT2D eigenvalue weighted by Gasteiger charge is -2.20. The highest BCUT2D eigenvalue weighted by atomic mass is 79.9. The second-order valence-corrected chi connectivity index (χ2v) is 9.03. The monoisotopic (exact) mass is 493 g/mol. The average molecular weight is 494 g/mol. The fourth-order valence-electron chi connectivity index (χ4n) is 3.39. The summed E-state index contributed by atoms with van der Waals surface area (Å²) in [6.45, 7) is 2.01. The molecule has 0 aliphatic heterocycles. The molecule has 1 heterocycles. The molecule has 0 fully saturated rings. The van der Waals surface area contributed by atoms with Gasteiger partial charge in [-0.1, -0.05) is 70.2 Å². The Morgan fingerprint density at radius 3 is 2.48 bits per heavy atom. The number of primary amides is 1. The molecular weight excluding hydrogens is 474 g/mol. The molecular formula is C24H20BrN3O2S. The van der Waals surface area contributed by atoms with Crippen LogP contribution in [0.15, 0.2) is 87.2 Å². The topological polar surface area (TPSA) is 78.0 Å². The van der Waals surface area contributed by atoms with E-state index in [2.05, 4.69) is 15.9 Å². The van der Waals surface area contributed by atoms with Gasteiger partial charge in [-0.2, -0.15) is 0 Å². The van der Waals surface area contributed by atoms with Gasteiger partial charge in [-0.05, 0) is 48.4 Å². The van der Waals surface area contributed by atoms with Crippen molar-refractivity contribution >= 4 is 44.5 Å². The minimum atomic E-state index is -0.452. The second kappa shape index (κ2) is 9.08. The first-order valence-corrected chi connectivity index (χ1v) is 11.5. The number of aromatic nitrogens is 2. The van der Waals surface area contributed by atoms with Crippen LogP contribution in [-0.4, -0.2) is 15.5 Å². The maximum atomic E-state index is 13.5. The minimum Gasteiger partial charge on any atom is -0.366 e. The highest BCUT2D eigenvalue weighted by Crippen LogP contribution is 2.28. The van der Waals surface area contributed by atoms with E-state index in [9.17, 15) is 9.59 Å². The molecule has 2 N–H and O–H groups in total. The number of hydrogen-bond donors (Lipinski definition) is 1. The Bertz CT molecular complexity index is 1300. The van der Waals surface area contributed by atoms with Crippen LogP contribution < -0.4 is 11.3 Å². The largest absolute Gasteiger partial charge is 0.366 e. The summed E-state index contributed by atoms with van der Waals surface area (Å²) in [7, 11) is 0. The quantitative estimate of drug-likeness (QED) is 0.297. The summed E-state index contributed by atoms with van der Waals surface area (Å²) >= 11 is 4.95. The third-order valence-electron chi connectivity index (χ3n) is 5.11. The maximum absolute atomic E-state index is 13.5. The van der Waals surface area contributed by atoms with Crippen molar-refractivity contribution in [1.29, 1.82) is 0 Å². The lowest BCUT2D eigenvalue weighted by molar-refractivity contribution is 0.100. The molecule has 4 rings (SSSR count). The van der Waals surface area contributed by atoms with Crippen molar-refractivity contribution in [2.75, 3.05) is 0 Å². The number of halogens is 1. The van der Waals surface area contributed by atoms with Crippen molar-refractivity contribution in [3.05, 3.63) is 104 Å². The van der Waals surface area contributed by atoms with Gasteiger partial charge in [0.15, 0.2) is 5.16 Å². The fraction of sp³-hybridized carbons (Fsp3) is 0.125. The third kappa shape index (κ3) is 4.57. The fourth-order valence-corrected chi connectivity index (χ4v) is 4.78. The van der Waals surface area contributed by atoms with Crippen LogP contribution in [0.1, 0.15) is 34.5 Å². The maximum Gasteiger partial charge on any atom is 0.262 e. The molecule has 0 radical (unpaired) electrons. The lowest BCUT2D eigenvalue weighted by atomic mass is 10.1. The van der Waals surface area contributed by atoms with Crippen LogP contribution in [0.5, 0.6) is 0 Å². The van der Waals surface area contributed by atoms with Gasteiger partial charge in [0.25, 0.3) is 5.56 Å². The van der Waals surface area contributed by atoms with E-state index in [1.54, 1.807) is 16.7 Å². The number of hydrogen-bond acceptors (Lipinski definition) is 4. The third-order valence-corrected chi connectivity index (χ3v) is 6.62. The molecule has 0 aliphatic rings. The van der Waals surface area contributed by atoms with E-state index in [1.165, 1.54) is 11.8 Å². The normalized spacial score (nSPS) is 12.1. The van der Waals surface area contributed by atoms with E-state index in [0.29, 0.717) is 27.4 Å². The summed E-state index contributed by atoms with van der Waals surface area (Å²) in [4.78, 5) is 29.6. The predicted molar refractivity (Wildman–Crippen MR) is 128 cm³/mol. The van der Waals surface area contributed by atoms with Crippen LogP contribution in [0.3, 0.4) is 0 Å². The summed E-state index contributed by atoms with van der Waals surface area (Å²) in [6.07, 6.45) is 0. The van der Waals surface area contributed by atoms with Gasteiger partial charge in [0.1, 0.15) is 0 Å². The Balaban J connectivity index is 1.76. The molecule has 0 saturated carbocycles. The van der Waals surface area contributed by atoms with Gasteiger partial charge in [-0.3, -0.25) is 14.2 Å². The van der Waals surface area contributed by atoms with E-state index in [1.807, 2.05) is 67.6 Å². The summed E-state index contributed by atoms with van der Waals surface area (Å²) in [5, 5.41) is 1.22. The molecule has 0 aliphatic carbocycles. The Hall–Kier alpha value is -2.90. The van der Waals surface area contributed by atoms with Crippen molar-refractivity contribution in [3.63, 3.8) is 0 Å². The zero-order chi connectivity index (χ0) is 22.0. The van der Waals surface area contributed by atoms with E-state index in [0.717, 1.165) is 15.6 Å². The molecule has 0 spiro atoms. The highest BCUT2D eigenvalue weighted by Gasteiger charge is 2.18. The van der Waals surface area contributed by atoms with Gasteiger partial charge in [0.05, 0.1) is 16.9 Å². The Labute approximate surface area is 192 Å². The minimum absolute atomic E-state index is 0.0748. The zero-order valence-electron chi connectivity index (χ0n) is 16.8. The summed E-state index contributed by atoms with van der Waals surface area (Å²) < 4.78 is 2.60. The van der Waals surface area contributed by atoms with Gasteiger partial charge in [0.2, 0.25) is 5.91 Å². The number of nitrogens with zero attached hydrogens (tertiary/aromatic N) is 2. The van der Waals surface area contributed by atoms with Crippen LogP contribution in [0, 0.1) is 0 Å². The number of rotatable bonds is 6. The molecule has 5 nitrogen and oxygen atoms in total. The van der Waals surface area contributed by atoms with Gasteiger partial charge in [0, 0.05) is 15.8 Å².